The summed E-state index contributed by atoms with van der Waals surface area (Å²) in [6, 6.07) is 0. The molecule has 0 spiro atoms. The lowest BCUT2D eigenvalue weighted by atomic mass is 9.96. The van der Waals surface area contributed by atoms with Crippen LogP contribution in [0.15, 0.2) is 12.2 Å². The van der Waals surface area contributed by atoms with Gasteiger partial charge < -0.3 is 9.84 Å². The Hall–Kier alpha value is -1.65. The van der Waals surface area contributed by atoms with E-state index < -0.39 is 17.9 Å². The number of carboxylic acids is 1. The molecule has 0 saturated heterocycles. The van der Waals surface area contributed by atoms with E-state index in [2.05, 4.69) is 4.74 Å². The molecule has 0 rings (SSSR count). The maximum absolute atomic E-state index is 11.8. The summed E-state index contributed by atoms with van der Waals surface area (Å²) in [6.07, 6.45) is 6.56. The van der Waals surface area contributed by atoms with Gasteiger partial charge in [0, 0.05) is 12.2 Å². The second-order valence-electron chi connectivity index (χ2n) is 4.39. The molecule has 0 aliphatic carbocycles. The van der Waals surface area contributed by atoms with Crippen molar-refractivity contribution in [1.82, 2.24) is 0 Å². The first kappa shape index (κ1) is 17.4. The van der Waals surface area contributed by atoms with Gasteiger partial charge in [0.25, 0.3) is 0 Å². The third-order valence-corrected chi connectivity index (χ3v) is 2.71. The summed E-state index contributed by atoms with van der Waals surface area (Å²) in [4.78, 5) is 33.2. The summed E-state index contributed by atoms with van der Waals surface area (Å²) in [5.41, 5.74) is 0. The number of aliphatic carboxylic acids is 1. The zero-order valence-corrected chi connectivity index (χ0v) is 11.6. The van der Waals surface area contributed by atoms with Crippen LogP contribution in [0.3, 0.4) is 0 Å². The number of carbonyl (C=O) groups excluding carboxylic acids is 2. The average Bonchev–Trinajstić information content (AvgIpc) is 2.36. The third-order valence-electron chi connectivity index (χ3n) is 2.71. The Kier molecular flexibility index (Phi) is 9.40. The normalized spacial score (nSPS) is 10.9. The monoisotopic (exact) mass is 270 g/mol. The van der Waals surface area contributed by atoms with Crippen LogP contribution >= 0.6 is 0 Å². The molecule has 19 heavy (non-hydrogen) atoms. The number of rotatable bonds is 9. The molecule has 0 saturated carbocycles. The maximum Gasteiger partial charge on any atom is 0.338 e. The fourth-order valence-electron chi connectivity index (χ4n) is 1.64. The minimum Gasteiger partial charge on any atom is -0.478 e. The van der Waals surface area contributed by atoms with E-state index >= 15 is 0 Å². The van der Waals surface area contributed by atoms with Crippen molar-refractivity contribution in [3.63, 3.8) is 0 Å². The highest BCUT2D eigenvalue weighted by Crippen LogP contribution is 2.18. The smallest absolute Gasteiger partial charge is 0.338 e. The van der Waals surface area contributed by atoms with Gasteiger partial charge in [-0.05, 0) is 12.8 Å². The highest BCUT2D eigenvalue weighted by molar-refractivity contribution is 5.96. The Morgan fingerprint density at radius 2 is 1.58 bits per heavy atom. The number of ether oxygens (including phenoxy) is 1. The number of hydrogen-bond donors (Lipinski definition) is 1. The van der Waals surface area contributed by atoms with Crippen LogP contribution in [0.5, 0.6) is 0 Å². The molecule has 0 heterocycles. The highest BCUT2D eigenvalue weighted by Gasteiger charge is 2.21. The van der Waals surface area contributed by atoms with Gasteiger partial charge in [-0.1, -0.05) is 39.5 Å². The van der Waals surface area contributed by atoms with Crippen molar-refractivity contribution in [2.75, 3.05) is 0 Å². The first-order chi connectivity index (χ1) is 9.01. The molecule has 1 N–H and O–H groups in total. The molecular weight excluding hydrogens is 248 g/mol. The molecule has 5 nitrogen and oxygen atoms in total. The Morgan fingerprint density at radius 3 is 2.00 bits per heavy atom. The van der Waals surface area contributed by atoms with Gasteiger partial charge in [0.1, 0.15) is 0 Å². The quantitative estimate of drug-likeness (QED) is 0.396. The molecule has 0 bridgehead atoms. The zero-order valence-electron chi connectivity index (χ0n) is 11.6. The molecule has 0 atom stereocenters. The van der Waals surface area contributed by atoms with Gasteiger partial charge in [-0.25, -0.2) is 9.59 Å². The first-order valence-electron chi connectivity index (χ1n) is 6.67. The minimum absolute atomic E-state index is 0.276. The standard InChI is InChI=1S/C14H22O5/c1-3-5-7-11(8-6-4-2)14(18)19-13(17)10-9-12(15)16/h9-11H,3-8H2,1-2H3,(H,15,16)/b10-9+. The highest BCUT2D eigenvalue weighted by atomic mass is 16.6. The second-order valence-corrected chi connectivity index (χ2v) is 4.39. The molecule has 5 heteroatoms. The second kappa shape index (κ2) is 10.3. The van der Waals surface area contributed by atoms with Crippen LogP contribution in [0.25, 0.3) is 0 Å². The fourth-order valence-corrected chi connectivity index (χ4v) is 1.64. The number of hydrogen-bond acceptors (Lipinski definition) is 4. The Bertz CT molecular complexity index is 325. The van der Waals surface area contributed by atoms with E-state index in [-0.39, 0.29) is 5.92 Å². The van der Waals surface area contributed by atoms with Crippen molar-refractivity contribution in [2.45, 2.75) is 52.4 Å². The van der Waals surface area contributed by atoms with E-state index in [0.717, 1.165) is 31.8 Å². The number of unbranched alkanes of at least 4 members (excludes halogenated alkanes) is 2. The molecule has 0 aliphatic rings. The summed E-state index contributed by atoms with van der Waals surface area (Å²) in [7, 11) is 0. The van der Waals surface area contributed by atoms with Crippen LogP contribution in [0.1, 0.15) is 52.4 Å². The predicted molar refractivity (Wildman–Crippen MR) is 70.4 cm³/mol. The van der Waals surface area contributed by atoms with E-state index in [1.54, 1.807) is 0 Å². The maximum atomic E-state index is 11.8. The lowest BCUT2D eigenvalue weighted by Crippen LogP contribution is -2.20. The van der Waals surface area contributed by atoms with Crippen LogP contribution in [-0.4, -0.2) is 23.0 Å². The summed E-state index contributed by atoms with van der Waals surface area (Å²) in [5.74, 6) is -3.01. The van der Waals surface area contributed by atoms with Crippen molar-refractivity contribution < 1.29 is 24.2 Å². The van der Waals surface area contributed by atoms with E-state index in [1.807, 2.05) is 13.8 Å². The number of carbonyl (C=O) groups is 3. The molecule has 0 fully saturated rings. The van der Waals surface area contributed by atoms with E-state index in [9.17, 15) is 14.4 Å². The summed E-state index contributed by atoms with van der Waals surface area (Å²) in [5, 5.41) is 8.36. The third kappa shape index (κ3) is 8.99. The molecule has 0 unspecified atom stereocenters. The van der Waals surface area contributed by atoms with Crippen LogP contribution in [0.4, 0.5) is 0 Å². The van der Waals surface area contributed by atoms with Crippen molar-refractivity contribution in [2.24, 2.45) is 5.92 Å². The average molecular weight is 270 g/mol. The largest absolute Gasteiger partial charge is 0.478 e. The number of esters is 2. The van der Waals surface area contributed by atoms with Crippen LogP contribution in [-0.2, 0) is 19.1 Å². The minimum atomic E-state index is -1.25. The van der Waals surface area contributed by atoms with Crippen LogP contribution in [0.2, 0.25) is 0 Å². The van der Waals surface area contributed by atoms with Gasteiger partial charge in [-0.3, -0.25) is 4.79 Å². The van der Waals surface area contributed by atoms with Crippen molar-refractivity contribution in [3.8, 4) is 0 Å². The molecule has 0 aromatic rings. The van der Waals surface area contributed by atoms with Gasteiger partial charge in [0.2, 0.25) is 0 Å². The molecule has 0 amide bonds. The summed E-state index contributed by atoms with van der Waals surface area (Å²) in [6.45, 7) is 4.06. The van der Waals surface area contributed by atoms with Crippen LogP contribution in [0, 0.1) is 5.92 Å². The topological polar surface area (TPSA) is 80.7 Å². The lowest BCUT2D eigenvalue weighted by molar-refractivity contribution is -0.160. The van der Waals surface area contributed by atoms with Crippen LogP contribution < -0.4 is 0 Å². The summed E-state index contributed by atoms with van der Waals surface area (Å²) < 4.78 is 4.63. The molecule has 0 aromatic carbocycles. The van der Waals surface area contributed by atoms with E-state index in [4.69, 9.17) is 5.11 Å². The van der Waals surface area contributed by atoms with Gasteiger partial charge in [0.15, 0.2) is 0 Å². The Morgan fingerprint density at radius 1 is 1.05 bits per heavy atom. The van der Waals surface area contributed by atoms with E-state index in [1.165, 1.54) is 0 Å². The van der Waals surface area contributed by atoms with Gasteiger partial charge in [-0.2, -0.15) is 0 Å². The van der Waals surface area contributed by atoms with E-state index in [0.29, 0.717) is 18.9 Å². The SMILES string of the molecule is CCCCC(CCCC)C(=O)OC(=O)/C=C/C(=O)O. The summed E-state index contributed by atoms with van der Waals surface area (Å²) >= 11 is 0. The molecule has 0 aliphatic heterocycles. The van der Waals surface area contributed by atoms with Crippen molar-refractivity contribution >= 4 is 17.9 Å². The van der Waals surface area contributed by atoms with Crippen molar-refractivity contribution in [3.05, 3.63) is 12.2 Å². The number of carboxylic acid groups (broad SMARTS) is 1. The Balaban J connectivity index is 4.36. The lowest BCUT2D eigenvalue weighted by Gasteiger charge is -2.13. The predicted octanol–water partition coefficient (Wildman–Crippen LogP) is 2.69. The first-order valence-corrected chi connectivity index (χ1v) is 6.67. The van der Waals surface area contributed by atoms with Gasteiger partial charge >= 0.3 is 17.9 Å². The molecule has 108 valence electrons. The van der Waals surface area contributed by atoms with Gasteiger partial charge in [0.05, 0.1) is 5.92 Å². The zero-order chi connectivity index (χ0) is 14.7. The fraction of sp³-hybridized carbons (Fsp3) is 0.643. The van der Waals surface area contributed by atoms with Gasteiger partial charge in [-0.15, -0.1) is 0 Å². The van der Waals surface area contributed by atoms with Crippen molar-refractivity contribution in [1.29, 1.82) is 0 Å². The Labute approximate surface area is 113 Å². The molecule has 0 aromatic heterocycles. The molecule has 0 radical (unpaired) electrons. The molecular formula is C14H22O5.